The maximum atomic E-state index is 10.9. The molecule has 3 heteroatoms. The van der Waals surface area contributed by atoms with Crippen molar-refractivity contribution in [2.45, 2.75) is 6.42 Å². The second-order valence-corrected chi connectivity index (χ2v) is 3.11. The lowest BCUT2D eigenvalue weighted by molar-refractivity contribution is 0.203. The quantitative estimate of drug-likeness (QED) is 0.733. The predicted octanol–water partition coefficient (Wildman–Crippen LogP) is 1.97. The first-order valence-electron chi connectivity index (χ1n) is 4.48. The van der Waals surface area contributed by atoms with E-state index in [1.165, 1.54) is 12.6 Å². The molecule has 3 nitrogen and oxygen atoms in total. The van der Waals surface area contributed by atoms with E-state index in [0.717, 1.165) is 12.0 Å². The van der Waals surface area contributed by atoms with Crippen molar-refractivity contribution in [3.63, 3.8) is 0 Å². The highest BCUT2D eigenvalue weighted by molar-refractivity contribution is 5.71. The highest BCUT2D eigenvalue weighted by Gasteiger charge is 2.07. The van der Waals surface area contributed by atoms with Crippen LogP contribution in [0.3, 0.4) is 0 Å². The van der Waals surface area contributed by atoms with Crippen molar-refractivity contribution in [1.82, 2.24) is 5.32 Å². The largest absolute Gasteiger partial charge is 0.412 e. The molecule has 0 unspecified atom stereocenters. The van der Waals surface area contributed by atoms with Crippen molar-refractivity contribution in [3.8, 4) is 5.75 Å². The van der Waals surface area contributed by atoms with Gasteiger partial charge in [-0.05, 0) is 29.7 Å². The summed E-state index contributed by atoms with van der Waals surface area (Å²) in [7, 11) is 1.54. The Labute approximate surface area is 82.4 Å². The van der Waals surface area contributed by atoms with Gasteiger partial charge in [-0.1, -0.05) is 18.2 Å². The van der Waals surface area contributed by atoms with E-state index >= 15 is 0 Å². The normalized spacial score (nSPS) is 12.4. The first kappa shape index (κ1) is 8.81. The van der Waals surface area contributed by atoms with E-state index in [1.807, 2.05) is 18.2 Å². The fourth-order valence-electron chi connectivity index (χ4n) is 1.45. The van der Waals surface area contributed by atoms with Gasteiger partial charge < -0.3 is 10.1 Å². The Morgan fingerprint density at radius 1 is 1.50 bits per heavy atom. The average molecular weight is 189 g/mol. The molecule has 0 aliphatic heterocycles. The second kappa shape index (κ2) is 3.54. The molecule has 0 saturated heterocycles. The molecular formula is C11H11NO2. The molecule has 72 valence electrons. The molecule has 2 rings (SSSR count). The molecule has 0 atom stereocenters. The summed E-state index contributed by atoms with van der Waals surface area (Å²) in [6.07, 6.45) is 4.66. The molecule has 0 bridgehead atoms. The summed E-state index contributed by atoms with van der Waals surface area (Å²) in [5, 5.41) is 2.40. The van der Waals surface area contributed by atoms with Crippen LogP contribution in [0.5, 0.6) is 5.75 Å². The summed E-state index contributed by atoms with van der Waals surface area (Å²) < 4.78 is 5.00. The summed E-state index contributed by atoms with van der Waals surface area (Å²) in [6, 6.07) is 5.66. The van der Waals surface area contributed by atoms with Crippen LogP contribution in [0.1, 0.15) is 11.1 Å². The Kier molecular flexibility index (Phi) is 2.23. The van der Waals surface area contributed by atoms with Crippen LogP contribution in [0.15, 0.2) is 24.3 Å². The highest BCUT2D eigenvalue weighted by Crippen LogP contribution is 2.24. The average Bonchev–Trinajstić information content (AvgIpc) is 2.64. The van der Waals surface area contributed by atoms with Crippen molar-refractivity contribution in [3.05, 3.63) is 35.4 Å². The number of carbonyl (C=O) groups excluding carboxylic acids is 1. The van der Waals surface area contributed by atoms with Gasteiger partial charge >= 0.3 is 6.09 Å². The number of allylic oxidation sites excluding steroid dienone is 1. The minimum Gasteiger partial charge on any atom is -0.410 e. The zero-order valence-corrected chi connectivity index (χ0v) is 7.91. The predicted molar refractivity (Wildman–Crippen MR) is 54.3 cm³/mol. The number of amides is 1. The lowest BCUT2D eigenvalue weighted by atomic mass is 10.1. The van der Waals surface area contributed by atoms with Gasteiger partial charge in [0.2, 0.25) is 0 Å². The zero-order valence-electron chi connectivity index (χ0n) is 7.91. The molecule has 0 radical (unpaired) electrons. The van der Waals surface area contributed by atoms with Crippen LogP contribution in [0.25, 0.3) is 6.08 Å². The van der Waals surface area contributed by atoms with Crippen LogP contribution < -0.4 is 10.1 Å². The van der Waals surface area contributed by atoms with Crippen molar-refractivity contribution in [1.29, 1.82) is 0 Å². The first-order valence-corrected chi connectivity index (χ1v) is 4.48. The molecule has 0 fully saturated rings. The van der Waals surface area contributed by atoms with E-state index in [-0.39, 0.29) is 0 Å². The van der Waals surface area contributed by atoms with E-state index in [9.17, 15) is 4.79 Å². The van der Waals surface area contributed by atoms with Gasteiger partial charge in [-0.2, -0.15) is 0 Å². The summed E-state index contributed by atoms with van der Waals surface area (Å²) in [5.41, 5.74) is 2.40. The van der Waals surface area contributed by atoms with E-state index < -0.39 is 6.09 Å². The number of carbonyl (C=O) groups is 1. The SMILES string of the molecule is CNC(=O)Oc1ccc2c(c1)C=CC2. The summed E-state index contributed by atoms with van der Waals surface area (Å²) in [6.45, 7) is 0. The van der Waals surface area contributed by atoms with Gasteiger partial charge in [-0.25, -0.2) is 4.79 Å². The molecule has 1 aliphatic rings. The Bertz CT molecular complexity index is 396. The molecule has 1 aromatic rings. The van der Waals surface area contributed by atoms with Gasteiger partial charge in [-0.3, -0.25) is 0 Å². The maximum absolute atomic E-state index is 10.9. The maximum Gasteiger partial charge on any atom is 0.412 e. The number of hydrogen-bond donors (Lipinski definition) is 1. The minimum absolute atomic E-state index is 0.438. The molecule has 0 saturated carbocycles. The molecule has 0 heterocycles. The molecule has 1 aromatic carbocycles. The molecule has 0 aromatic heterocycles. The summed E-state index contributed by atoms with van der Waals surface area (Å²) in [4.78, 5) is 10.9. The van der Waals surface area contributed by atoms with Crippen molar-refractivity contribution < 1.29 is 9.53 Å². The smallest absolute Gasteiger partial charge is 0.410 e. The fourth-order valence-corrected chi connectivity index (χ4v) is 1.45. The van der Waals surface area contributed by atoms with Gasteiger partial charge in [0, 0.05) is 7.05 Å². The number of nitrogens with one attached hydrogen (secondary N) is 1. The number of benzene rings is 1. The Morgan fingerprint density at radius 3 is 3.14 bits per heavy atom. The van der Waals surface area contributed by atoms with Gasteiger partial charge in [0.25, 0.3) is 0 Å². The minimum atomic E-state index is -0.438. The lowest BCUT2D eigenvalue weighted by Crippen LogP contribution is -2.22. The third-order valence-corrected chi connectivity index (χ3v) is 2.17. The topological polar surface area (TPSA) is 38.3 Å². The number of ether oxygens (including phenoxy) is 1. The Morgan fingerprint density at radius 2 is 2.36 bits per heavy atom. The number of rotatable bonds is 1. The van der Waals surface area contributed by atoms with Crippen LogP contribution in [0, 0.1) is 0 Å². The molecular weight excluding hydrogens is 178 g/mol. The van der Waals surface area contributed by atoms with E-state index in [4.69, 9.17) is 4.74 Å². The standard InChI is InChI=1S/C11H11NO2/c1-12-11(13)14-10-6-5-8-3-2-4-9(8)7-10/h2,4-7H,3H2,1H3,(H,12,13). The van der Waals surface area contributed by atoms with Crippen LogP contribution in [0.4, 0.5) is 4.79 Å². The van der Waals surface area contributed by atoms with Crippen LogP contribution >= 0.6 is 0 Å². The van der Waals surface area contributed by atoms with Gasteiger partial charge in [-0.15, -0.1) is 0 Å². The monoisotopic (exact) mass is 189 g/mol. The van der Waals surface area contributed by atoms with E-state index in [2.05, 4.69) is 11.4 Å². The lowest BCUT2D eigenvalue weighted by Gasteiger charge is -2.05. The van der Waals surface area contributed by atoms with Crippen LogP contribution in [-0.2, 0) is 6.42 Å². The van der Waals surface area contributed by atoms with E-state index in [0.29, 0.717) is 5.75 Å². The highest BCUT2D eigenvalue weighted by atomic mass is 16.5. The van der Waals surface area contributed by atoms with Gasteiger partial charge in [0.15, 0.2) is 0 Å². The molecule has 1 aliphatic carbocycles. The van der Waals surface area contributed by atoms with Gasteiger partial charge in [0.05, 0.1) is 0 Å². The molecule has 1 amide bonds. The van der Waals surface area contributed by atoms with Crippen LogP contribution in [-0.4, -0.2) is 13.1 Å². The van der Waals surface area contributed by atoms with Crippen molar-refractivity contribution in [2.24, 2.45) is 0 Å². The van der Waals surface area contributed by atoms with Gasteiger partial charge in [0.1, 0.15) is 5.75 Å². The summed E-state index contributed by atoms with van der Waals surface area (Å²) >= 11 is 0. The Balaban J connectivity index is 2.20. The number of fused-ring (bicyclic) bond motifs is 1. The first-order chi connectivity index (χ1) is 6.79. The fraction of sp³-hybridized carbons (Fsp3) is 0.182. The van der Waals surface area contributed by atoms with Crippen LogP contribution in [0.2, 0.25) is 0 Å². The zero-order chi connectivity index (χ0) is 9.97. The summed E-state index contributed by atoms with van der Waals surface area (Å²) in [5.74, 6) is 0.578. The third kappa shape index (κ3) is 1.62. The van der Waals surface area contributed by atoms with Crippen molar-refractivity contribution in [2.75, 3.05) is 7.05 Å². The Hall–Kier alpha value is -1.77. The molecule has 14 heavy (non-hydrogen) atoms. The molecule has 0 spiro atoms. The van der Waals surface area contributed by atoms with Crippen molar-refractivity contribution >= 4 is 12.2 Å². The second-order valence-electron chi connectivity index (χ2n) is 3.11. The number of hydrogen-bond acceptors (Lipinski definition) is 2. The third-order valence-electron chi connectivity index (χ3n) is 2.17. The molecule has 1 N–H and O–H groups in total. The van der Waals surface area contributed by atoms with E-state index in [1.54, 1.807) is 6.07 Å².